The van der Waals surface area contributed by atoms with Gasteiger partial charge in [0.1, 0.15) is 11.8 Å². The van der Waals surface area contributed by atoms with Gasteiger partial charge in [0.15, 0.2) is 5.75 Å². The van der Waals surface area contributed by atoms with E-state index in [-0.39, 0.29) is 0 Å². The summed E-state index contributed by atoms with van der Waals surface area (Å²) in [6.45, 7) is 2.70. The Labute approximate surface area is 119 Å². The summed E-state index contributed by atoms with van der Waals surface area (Å²) in [5, 5.41) is 14.8. The van der Waals surface area contributed by atoms with Crippen LogP contribution in [0, 0.1) is 0 Å². The molecule has 106 valence electrons. The summed E-state index contributed by atoms with van der Waals surface area (Å²) >= 11 is 0. The quantitative estimate of drug-likeness (QED) is 0.910. The van der Waals surface area contributed by atoms with E-state index >= 15 is 0 Å². The lowest BCUT2D eigenvalue weighted by Gasteiger charge is -2.15. The minimum absolute atomic E-state index is 0.630. The van der Waals surface area contributed by atoms with Crippen molar-refractivity contribution in [3.8, 4) is 5.75 Å². The Morgan fingerprint density at radius 3 is 2.60 bits per heavy atom. The van der Waals surface area contributed by atoms with Gasteiger partial charge in [-0.3, -0.25) is 4.68 Å². The van der Waals surface area contributed by atoms with Crippen LogP contribution in [-0.2, 0) is 6.54 Å². The molecule has 1 aliphatic carbocycles. The molecule has 1 aromatic heterocycles. The number of hydrogen-bond donors (Lipinski definition) is 1. The van der Waals surface area contributed by atoms with Crippen LogP contribution in [0.5, 0.6) is 5.75 Å². The summed E-state index contributed by atoms with van der Waals surface area (Å²) < 4.78 is 7.08. The van der Waals surface area contributed by atoms with Crippen molar-refractivity contribution in [2.24, 2.45) is 0 Å². The fraction of sp³-hybridized carbons (Fsp3) is 0.438. The molecule has 2 aromatic rings. The van der Waals surface area contributed by atoms with Crippen LogP contribution >= 0.6 is 0 Å². The molecule has 1 aromatic carbocycles. The number of aryl methyl sites for hydroxylation is 1. The molecule has 1 atom stereocenters. The van der Waals surface area contributed by atoms with Crippen molar-refractivity contribution in [2.75, 3.05) is 7.11 Å². The maximum absolute atomic E-state index is 10.6. The predicted octanol–water partition coefficient (Wildman–Crippen LogP) is 2.87. The molecule has 0 aliphatic heterocycles. The third kappa shape index (κ3) is 2.31. The Kier molecular flexibility index (Phi) is 3.49. The predicted molar refractivity (Wildman–Crippen MR) is 76.9 cm³/mol. The van der Waals surface area contributed by atoms with Crippen molar-refractivity contribution < 1.29 is 9.84 Å². The fourth-order valence-corrected chi connectivity index (χ4v) is 2.59. The van der Waals surface area contributed by atoms with Crippen molar-refractivity contribution in [3.05, 3.63) is 47.3 Å². The molecular formula is C16H20N2O2. The second kappa shape index (κ2) is 5.29. The molecular weight excluding hydrogens is 252 g/mol. The van der Waals surface area contributed by atoms with Crippen molar-refractivity contribution in [2.45, 2.75) is 38.3 Å². The highest BCUT2D eigenvalue weighted by Gasteiger charge is 2.25. The third-order valence-electron chi connectivity index (χ3n) is 3.92. The third-order valence-corrected chi connectivity index (χ3v) is 3.92. The Morgan fingerprint density at radius 2 is 2.05 bits per heavy atom. The largest absolute Gasteiger partial charge is 0.493 e. The molecule has 1 N–H and O–H groups in total. The van der Waals surface area contributed by atoms with E-state index in [4.69, 9.17) is 4.74 Å². The molecule has 4 nitrogen and oxygen atoms in total. The van der Waals surface area contributed by atoms with Crippen molar-refractivity contribution in [1.82, 2.24) is 9.78 Å². The fourth-order valence-electron chi connectivity index (χ4n) is 2.59. The molecule has 0 spiro atoms. The molecule has 0 radical (unpaired) electrons. The van der Waals surface area contributed by atoms with E-state index in [1.54, 1.807) is 18.0 Å². The lowest BCUT2D eigenvalue weighted by Crippen LogP contribution is -2.10. The van der Waals surface area contributed by atoms with E-state index in [2.05, 4.69) is 17.2 Å². The molecule has 1 heterocycles. The lowest BCUT2D eigenvalue weighted by atomic mass is 10.0. The van der Waals surface area contributed by atoms with E-state index in [1.807, 2.05) is 19.1 Å². The number of hydrogen-bond acceptors (Lipinski definition) is 3. The molecule has 1 aliphatic rings. The van der Waals surface area contributed by atoms with Gasteiger partial charge in [-0.1, -0.05) is 24.3 Å². The van der Waals surface area contributed by atoms with E-state index in [0.717, 1.165) is 11.5 Å². The first-order chi connectivity index (χ1) is 9.74. The van der Waals surface area contributed by atoms with Crippen molar-refractivity contribution in [1.29, 1.82) is 0 Å². The summed E-state index contributed by atoms with van der Waals surface area (Å²) in [6.07, 6.45) is 3.53. The minimum Gasteiger partial charge on any atom is -0.493 e. The SMILES string of the molecule is CCn1ncc(OC)c1C(O)c1ccc(C2CC2)cc1. The summed E-state index contributed by atoms with van der Waals surface area (Å²) in [4.78, 5) is 0. The first-order valence-electron chi connectivity index (χ1n) is 7.12. The Balaban J connectivity index is 1.90. The topological polar surface area (TPSA) is 47.3 Å². The number of rotatable bonds is 5. The van der Waals surface area contributed by atoms with Crippen LogP contribution in [-0.4, -0.2) is 22.0 Å². The van der Waals surface area contributed by atoms with Crippen LogP contribution in [0.3, 0.4) is 0 Å². The van der Waals surface area contributed by atoms with Crippen LogP contribution < -0.4 is 4.74 Å². The zero-order chi connectivity index (χ0) is 14.1. The molecule has 3 rings (SSSR count). The van der Waals surface area contributed by atoms with Gasteiger partial charge in [0, 0.05) is 6.54 Å². The average molecular weight is 272 g/mol. The Hall–Kier alpha value is -1.81. The Morgan fingerprint density at radius 1 is 1.35 bits per heavy atom. The van der Waals surface area contributed by atoms with E-state index < -0.39 is 6.10 Å². The van der Waals surface area contributed by atoms with Gasteiger partial charge in [0.05, 0.1) is 13.3 Å². The second-order valence-corrected chi connectivity index (χ2v) is 5.26. The van der Waals surface area contributed by atoms with Crippen LogP contribution in [0.2, 0.25) is 0 Å². The number of aromatic nitrogens is 2. The van der Waals surface area contributed by atoms with E-state index in [0.29, 0.717) is 18.0 Å². The molecule has 4 heteroatoms. The number of methoxy groups -OCH3 is 1. The van der Waals surface area contributed by atoms with Gasteiger partial charge in [-0.15, -0.1) is 0 Å². The van der Waals surface area contributed by atoms with Gasteiger partial charge in [0.25, 0.3) is 0 Å². The maximum Gasteiger partial charge on any atom is 0.163 e. The number of aliphatic hydroxyl groups excluding tert-OH is 1. The first kappa shape index (κ1) is 13.2. The average Bonchev–Trinajstić information content (AvgIpc) is 3.26. The number of benzene rings is 1. The van der Waals surface area contributed by atoms with Gasteiger partial charge in [-0.2, -0.15) is 5.10 Å². The number of aliphatic hydroxyl groups is 1. The van der Waals surface area contributed by atoms with Crippen LogP contribution in [0.1, 0.15) is 48.6 Å². The summed E-state index contributed by atoms with van der Waals surface area (Å²) in [5.74, 6) is 1.36. The lowest BCUT2D eigenvalue weighted by molar-refractivity contribution is 0.202. The normalized spacial score (nSPS) is 16.1. The number of nitrogens with zero attached hydrogens (tertiary/aromatic N) is 2. The molecule has 1 fully saturated rings. The summed E-state index contributed by atoms with van der Waals surface area (Å²) in [6, 6.07) is 8.25. The summed E-state index contributed by atoms with van der Waals surface area (Å²) in [7, 11) is 1.60. The minimum atomic E-state index is -0.708. The highest BCUT2D eigenvalue weighted by Crippen LogP contribution is 2.40. The highest BCUT2D eigenvalue weighted by molar-refractivity contribution is 5.37. The highest BCUT2D eigenvalue weighted by atomic mass is 16.5. The van der Waals surface area contributed by atoms with Crippen LogP contribution in [0.15, 0.2) is 30.5 Å². The number of ether oxygens (including phenoxy) is 1. The van der Waals surface area contributed by atoms with Gasteiger partial charge in [0.2, 0.25) is 0 Å². The smallest absolute Gasteiger partial charge is 0.163 e. The molecule has 0 amide bonds. The zero-order valence-electron chi connectivity index (χ0n) is 11.9. The van der Waals surface area contributed by atoms with E-state index in [1.165, 1.54) is 18.4 Å². The van der Waals surface area contributed by atoms with Crippen LogP contribution in [0.25, 0.3) is 0 Å². The monoisotopic (exact) mass is 272 g/mol. The molecule has 0 saturated heterocycles. The first-order valence-corrected chi connectivity index (χ1v) is 7.12. The van der Waals surface area contributed by atoms with Gasteiger partial charge >= 0.3 is 0 Å². The second-order valence-electron chi connectivity index (χ2n) is 5.26. The van der Waals surface area contributed by atoms with E-state index in [9.17, 15) is 5.11 Å². The Bertz CT molecular complexity index is 564. The van der Waals surface area contributed by atoms with Gasteiger partial charge in [-0.25, -0.2) is 0 Å². The standard InChI is InChI=1S/C16H20N2O2/c1-3-18-15(14(20-2)10-17-18)16(19)13-8-6-12(7-9-13)11-4-5-11/h6-11,16,19H,3-5H2,1-2H3. The van der Waals surface area contributed by atoms with Gasteiger partial charge < -0.3 is 9.84 Å². The van der Waals surface area contributed by atoms with Gasteiger partial charge in [-0.05, 0) is 36.8 Å². The maximum atomic E-state index is 10.6. The van der Waals surface area contributed by atoms with Crippen LogP contribution in [0.4, 0.5) is 0 Å². The molecule has 0 bridgehead atoms. The van der Waals surface area contributed by atoms with Crippen molar-refractivity contribution >= 4 is 0 Å². The zero-order valence-corrected chi connectivity index (χ0v) is 11.9. The van der Waals surface area contributed by atoms with Crippen molar-refractivity contribution in [3.63, 3.8) is 0 Å². The molecule has 1 unspecified atom stereocenters. The summed E-state index contributed by atoms with van der Waals surface area (Å²) in [5.41, 5.74) is 2.97. The molecule has 20 heavy (non-hydrogen) atoms. The molecule has 1 saturated carbocycles.